The van der Waals surface area contributed by atoms with Gasteiger partial charge < -0.3 is 16.0 Å². The number of nitrogens with zero attached hydrogens (tertiary/aromatic N) is 2. The first-order valence-corrected chi connectivity index (χ1v) is 9.22. The number of hydrogen-bond acceptors (Lipinski definition) is 3. The van der Waals surface area contributed by atoms with Crippen molar-refractivity contribution in [2.24, 2.45) is 16.3 Å². The molecule has 0 aromatic heterocycles. The van der Waals surface area contributed by atoms with Gasteiger partial charge in [-0.25, -0.2) is 0 Å². The molecule has 0 spiro atoms. The number of hydrogen-bond donors (Lipinski definition) is 3. The van der Waals surface area contributed by atoms with Crippen LogP contribution >= 0.6 is 0 Å². The fourth-order valence-corrected chi connectivity index (χ4v) is 2.71. The molecule has 1 aliphatic heterocycles. The van der Waals surface area contributed by atoms with Crippen molar-refractivity contribution in [3.05, 3.63) is 0 Å². The molecular formula is C18H37N5O. The molecule has 140 valence electrons. The summed E-state index contributed by atoms with van der Waals surface area (Å²) in [7, 11) is 0. The minimum absolute atomic E-state index is 0.0626. The van der Waals surface area contributed by atoms with Crippen molar-refractivity contribution in [3.63, 3.8) is 0 Å². The standard InChI is InChI=1S/C18H37N5O/c1-8-19-17(21-10-9-20-16(24)18(5,6)7)22-15-12-23(13(2)3)11-14(15)4/h13-15H,8-12H2,1-7H3,(H,20,24)(H2,19,21,22). The lowest BCUT2D eigenvalue weighted by Gasteiger charge is -2.22. The molecule has 24 heavy (non-hydrogen) atoms. The van der Waals surface area contributed by atoms with Crippen LogP contribution in [0.2, 0.25) is 0 Å². The van der Waals surface area contributed by atoms with E-state index in [4.69, 9.17) is 0 Å². The molecule has 1 heterocycles. The predicted octanol–water partition coefficient (Wildman–Crippen LogP) is 1.43. The SMILES string of the molecule is CCNC(=NCCNC(=O)C(C)(C)C)NC1CN(C(C)C)CC1C. The molecule has 1 amide bonds. The van der Waals surface area contributed by atoms with Crippen molar-refractivity contribution < 1.29 is 4.79 Å². The number of likely N-dealkylation sites (tertiary alicyclic amines) is 1. The number of carbonyl (C=O) groups is 1. The van der Waals surface area contributed by atoms with Crippen LogP contribution in [0.1, 0.15) is 48.5 Å². The van der Waals surface area contributed by atoms with Gasteiger partial charge in [0, 0.05) is 43.7 Å². The molecule has 1 aliphatic rings. The van der Waals surface area contributed by atoms with Gasteiger partial charge in [0.1, 0.15) is 0 Å². The summed E-state index contributed by atoms with van der Waals surface area (Å²) in [6, 6.07) is 0.987. The first-order chi connectivity index (χ1) is 11.1. The van der Waals surface area contributed by atoms with Gasteiger partial charge in [0.05, 0.1) is 6.54 Å². The van der Waals surface area contributed by atoms with E-state index in [0.29, 0.717) is 31.1 Å². The molecule has 0 aliphatic carbocycles. The molecule has 2 atom stereocenters. The van der Waals surface area contributed by atoms with Crippen LogP contribution in [0.25, 0.3) is 0 Å². The minimum atomic E-state index is -0.355. The Labute approximate surface area is 147 Å². The van der Waals surface area contributed by atoms with E-state index in [-0.39, 0.29) is 11.3 Å². The monoisotopic (exact) mass is 339 g/mol. The van der Waals surface area contributed by atoms with Crippen LogP contribution in [-0.4, -0.2) is 61.6 Å². The zero-order valence-corrected chi connectivity index (χ0v) is 16.6. The maximum atomic E-state index is 11.9. The summed E-state index contributed by atoms with van der Waals surface area (Å²) in [4.78, 5) is 19.0. The highest BCUT2D eigenvalue weighted by Gasteiger charge is 2.31. The largest absolute Gasteiger partial charge is 0.357 e. The van der Waals surface area contributed by atoms with Crippen molar-refractivity contribution >= 4 is 11.9 Å². The van der Waals surface area contributed by atoms with E-state index in [1.807, 2.05) is 20.8 Å². The Kier molecular flexibility index (Phi) is 8.00. The molecule has 0 aromatic rings. The lowest BCUT2D eigenvalue weighted by molar-refractivity contribution is -0.128. The van der Waals surface area contributed by atoms with Gasteiger partial charge in [-0.3, -0.25) is 14.7 Å². The topological polar surface area (TPSA) is 68.8 Å². The maximum absolute atomic E-state index is 11.9. The highest BCUT2D eigenvalue weighted by molar-refractivity contribution is 5.81. The van der Waals surface area contributed by atoms with E-state index in [9.17, 15) is 4.79 Å². The number of guanidine groups is 1. The summed E-state index contributed by atoms with van der Waals surface area (Å²) < 4.78 is 0. The Balaban J connectivity index is 2.50. The number of nitrogens with one attached hydrogen (secondary N) is 3. The van der Waals surface area contributed by atoms with Gasteiger partial charge in [-0.1, -0.05) is 27.7 Å². The third-order valence-corrected chi connectivity index (χ3v) is 4.39. The molecule has 1 fully saturated rings. The van der Waals surface area contributed by atoms with Gasteiger partial charge in [0.15, 0.2) is 5.96 Å². The van der Waals surface area contributed by atoms with Crippen LogP contribution in [0.15, 0.2) is 4.99 Å². The lowest BCUT2D eigenvalue weighted by atomic mass is 9.96. The van der Waals surface area contributed by atoms with Crippen LogP contribution in [0, 0.1) is 11.3 Å². The molecule has 3 N–H and O–H groups in total. The maximum Gasteiger partial charge on any atom is 0.225 e. The fourth-order valence-electron chi connectivity index (χ4n) is 2.71. The summed E-state index contributed by atoms with van der Waals surface area (Å²) in [6.07, 6.45) is 0. The van der Waals surface area contributed by atoms with Crippen molar-refractivity contribution in [3.8, 4) is 0 Å². The number of carbonyl (C=O) groups excluding carboxylic acids is 1. The second-order valence-corrected chi connectivity index (χ2v) is 8.04. The Bertz CT molecular complexity index is 428. The zero-order valence-electron chi connectivity index (χ0n) is 16.6. The highest BCUT2D eigenvalue weighted by atomic mass is 16.2. The van der Waals surface area contributed by atoms with Crippen LogP contribution in [0.5, 0.6) is 0 Å². The Morgan fingerprint density at radius 1 is 1.25 bits per heavy atom. The van der Waals surface area contributed by atoms with Crippen LogP contribution in [0.3, 0.4) is 0 Å². The lowest BCUT2D eigenvalue weighted by Crippen LogP contribution is -2.47. The van der Waals surface area contributed by atoms with Crippen molar-refractivity contribution in [1.82, 2.24) is 20.9 Å². The zero-order chi connectivity index (χ0) is 18.3. The Morgan fingerprint density at radius 3 is 2.42 bits per heavy atom. The highest BCUT2D eigenvalue weighted by Crippen LogP contribution is 2.18. The molecule has 6 nitrogen and oxygen atoms in total. The van der Waals surface area contributed by atoms with E-state index >= 15 is 0 Å². The third-order valence-electron chi connectivity index (χ3n) is 4.39. The number of amides is 1. The van der Waals surface area contributed by atoms with Crippen molar-refractivity contribution in [2.45, 2.75) is 60.5 Å². The molecular weight excluding hydrogens is 302 g/mol. The molecule has 0 radical (unpaired) electrons. The normalized spacial score (nSPS) is 22.8. The van der Waals surface area contributed by atoms with Gasteiger partial charge in [-0.2, -0.15) is 0 Å². The Hall–Kier alpha value is -1.30. The van der Waals surface area contributed by atoms with E-state index in [1.54, 1.807) is 0 Å². The molecule has 1 saturated heterocycles. The van der Waals surface area contributed by atoms with Crippen molar-refractivity contribution in [2.75, 3.05) is 32.7 Å². The van der Waals surface area contributed by atoms with E-state index < -0.39 is 0 Å². The Morgan fingerprint density at radius 2 is 1.92 bits per heavy atom. The van der Waals surface area contributed by atoms with Crippen LogP contribution in [-0.2, 0) is 4.79 Å². The first kappa shape index (κ1) is 20.7. The minimum Gasteiger partial charge on any atom is -0.357 e. The van der Waals surface area contributed by atoms with Crippen LogP contribution in [0.4, 0.5) is 0 Å². The third kappa shape index (κ3) is 6.67. The fraction of sp³-hybridized carbons (Fsp3) is 0.889. The van der Waals surface area contributed by atoms with Crippen molar-refractivity contribution in [1.29, 1.82) is 0 Å². The van der Waals surface area contributed by atoms with E-state index in [2.05, 4.69) is 53.5 Å². The van der Waals surface area contributed by atoms with E-state index in [1.165, 1.54) is 0 Å². The average Bonchev–Trinajstić information content (AvgIpc) is 2.84. The summed E-state index contributed by atoms with van der Waals surface area (Å²) in [5.74, 6) is 1.49. The summed E-state index contributed by atoms with van der Waals surface area (Å²) >= 11 is 0. The summed E-state index contributed by atoms with van der Waals surface area (Å²) in [5, 5.41) is 9.79. The van der Waals surface area contributed by atoms with Gasteiger partial charge in [-0.05, 0) is 26.7 Å². The molecule has 1 rings (SSSR count). The quantitative estimate of drug-likeness (QED) is 0.389. The summed E-state index contributed by atoms with van der Waals surface area (Å²) in [6.45, 7) is 18.7. The smallest absolute Gasteiger partial charge is 0.225 e. The molecule has 0 bridgehead atoms. The molecule has 0 aromatic carbocycles. The molecule has 0 saturated carbocycles. The van der Waals surface area contributed by atoms with Gasteiger partial charge in [0.25, 0.3) is 0 Å². The number of rotatable bonds is 6. The second-order valence-electron chi connectivity index (χ2n) is 8.04. The van der Waals surface area contributed by atoms with Gasteiger partial charge >= 0.3 is 0 Å². The second kappa shape index (κ2) is 9.25. The number of aliphatic imine (C=N–C) groups is 1. The van der Waals surface area contributed by atoms with Gasteiger partial charge in [-0.15, -0.1) is 0 Å². The average molecular weight is 340 g/mol. The summed E-state index contributed by atoms with van der Waals surface area (Å²) in [5.41, 5.74) is -0.355. The molecule has 6 heteroatoms. The molecule has 2 unspecified atom stereocenters. The first-order valence-electron chi connectivity index (χ1n) is 9.22. The van der Waals surface area contributed by atoms with Crippen LogP contribution < -0.4 is 16.0 Å². The van der Waals surface area contributed by atoms with E-state index in [0.717, 1.165) is 25.6 Å². The van der Waals surface area contributed by atoms with Gasteiger partial charge in [0.2, 0.25) is 5.91 Å². The predicted molar refractivity (Wildman–Crippen MR) is 101 cm³/mol.